The second-order valence-corrected chi connectivity index (χ2v) is 8.87. The smallest absolute Gasteiger partial charge is 0.271 e. The molecule has 0 aliphatic rings. The molecule has 1 heterocycles. The fourth-order valence-corrected chi connectivity index (χ4v) is 4.81. The summed E-state index contributed by atoms with van der Waals surface area (Å²) in [6.07, 6.45) is 1.57. The van der Waals surface area contributed by atoms with Crippen molar-refractivity contribution < 1.29 is 9.59 Å². The number of amides is 2. The van der Waals surface area contributed by atoms with Crippen LogP contribution < -0.4 is 10.7 Å². The zero-order valence-electron chi connectivity index (χ0n) is 15.9. The molecule has 4 aromatic rings. The van der Waals surface area contributed by atoms with Gasteiger partial charge in [-0.25, -0.2) is 5.43 Å². The van der Waals surface area contributed by atoms with E-state index in [0.717, 1.165) is 20.1 Å². The quantitative estimate of drug-likeness (QED) is 0.242. The molecule has 2 N–H and O–H groups in total. The first-order chi connectivity index (χ1) is 15.0. The lowest BCUT2D eigenvalue weighted by molar-refractivity contribution is 0.0954. The number of anilines is 1. The predicted molar refractivity (Wildman–Crippen MR) is 130 cm³/mol. The maximum absolute atomic E-state index is 12.7. The number of fused-ring (bicyclic) bond motifs is 1. The van der Waals surface area contributed by atoms with Gasteiger partial charge in [0, 0.05) is 25.8 Å². The number of carbonyl (C=O) groups is 2. The fraction of sp³-hybridized carbons (Fsp3) is 0. The lowest BCUT2D eigenvalue weighted by Crippen LogP contribution is -2.17. The van der Waals surface area contributed by atoms with Gasteiger partial charge in [-0.15, -0.1) is 11.3 Å². The molecule has 0 radical (unpaired) electrons. The van der Waals surface area contributed by atoms with Crippen LogP contribution in [0, 0.1) is 0 Å². The predicted octanol–water partition coefficient (Wildman–Crippen LogP) is 6.33. The molecule has 1 aromatic heterocycles. The van der Waals surface area contributed by atoms with Gasteiger partial charge in [0.05, 0.1) is 11.2 Å². The minimum absolute atomic E-state index is 0.299. The lowest BCUT2D eigenvalue weighted by atomic mass is 10.2. The van der Waals surface area contributed by atoms with Crippen LogP contribution in [0.25, 0.3) is 10.1 Å². The number of hydrogen-bond acceptors (Lipinski definition) is 4. The molecule has 154 valence electrons. The van der Waals surface area contributed by atoms with Gasteiger partial charge >= 0.3 is 0 Å². The highest BCUT2D eigenvalue weighted by atomic mass is 79.9. The van der Waals surface area contributed by atoms with Crippen molar-refractivity contribution in [1.82, 2.24) is 5.43 Å². The highest BCUT2D eigenvalue weighted by molar-refractivity contribution is 9.10. The molecule has 0 fully saturated rings. The van der Waals surface area contributed by atoms with Crippen LogP contribution in [0.4, 0.5) is 5.69 Å². The zero-order chi connectivity index (χ0) is 21.8. The molecule has 31 heavy (non-hydrogen) atoms. The van der Waals surface area contributed by atoms with E-state index in [9.17, 15) is 9.59 Å². The molecule has 0 saturated carbocycles. The maximum atomic E-state index is 12.7. The van der Waals surface area contributed by atoms with Crippen molar-refractivity contribution in [3.63, 3.8) is 0 Å². The third-order valence-electron chi connectivity index (χ3n) is 4.38. The van der Waals surface area contributed by atoms with Gasteiger partial charge in [-0.05, 0) is 42.0 Å². The van der Waals surface area contributed by atoms with E-state index in [-0.39, 0.29) is 11.8 Å². The third kappa shape index (κ3) is 5.02. The van der Waals surface area contributed by atoms with Gasteiger partial charge < -0.3 is 5.32 Å². The molecule has 2 amide bonds. The normalized spacial score (nSPS) is 11.0. The van der Waals surface area contributed by atoms with Crippen LogP contribution in [-0.4, -0.2) is 18.0 Å². The van der Waals surface area contributed by atoms with Crippen LogP contribution in [0.5, 0.6) is 0 Å². The molecule has 5 nitrogen and oxygen atoms in total. The second kappa shape index (κ2) is 9.43. The highest BCUT2D eigenvalue weighted by Crippen LogP contribution is 2.37. The third-order valence-corrected chi connectivity index (χ3v) is 6.53. The number of nitrogens with one attached hydrogen (secondary N) is 2. The molecule has 0 unspecified atom stereocenters. The van der Waals surface area contributed by atoms with Crippen molar-refractivity contribution in [3.8, 4) is 0 Å². The van der Waals surface area contributed by atoms with Crippen LogP contribution in [0.2, 0.25) is 5.02 Å². The number of hydrogen-bond donors (Lipinski definition) is 2. The molecule has 4 rings (SSSR count). The van der Waals surface area contributed by atoms with E-state index in [4.69, 9.17) is 11.6 Å². The number of thiophene rings is 1. The summed E-state index contributed by atoms with van der Waals surface area (Å²) < 4.78 is 1.85. The Labute approximate surface area is 195 Å². The lowest BCUT2D eigenvalue weighted by Gasteiger charge is -2.05. The van der Waals surface area contributed by atoms with E-state index in [1.165, 1.54) is 11.3 Å². The molecule has 0 aliphatic carbocycles. The standard InChI is InChI=1S/C23H15BrClN3O2S/c24-16-8-11-18-19(12-16)31-21(20(18)25)23(30)27-17-9-6-15(7-10-17)22(29)28-26-13-14-4-2-1-3-5-14/h1-13H,(H,27,30)(H,28,29)/b26-13-. The summed E-state index contributed by atoms with van der Waals surface area (Å²) in [4.78, 5) is 25.4. The molecular formula is C23H15BrClN3O2S. The van der Waals surface area contributed by atoms with E-state index in [1.54, 1.807) is 30.5 Å². The van der Waals surface area contributed by atoms with Crippen LogP contribution in [-0.2, 0) is 0 Å². The van der Waals surface area contributed by atoms with Gasteiger partial charge in [-0.2, -0.15) is 5.10 Å². The van der Waals surface area contributed by atoms with Crippen LogP contribution in [0.3, 0.4) is 0 Å². The van der Waals surface area contributed by atoms with Gasteiger partial charge in [-0.3, -0.25) is 9.59 Å². The number of halogens is 2. The maximum Gasteiger partial charge on any atom is 0.271 e. The van der Waals surface area contributed by atoms with Crippen LogP contribution in [0.1, 0.15) is 25.6 Å². The number of rotatable bonds is 5. The summed E-state index contributed by atoms with van der Waals surface area (Å²) >= 11 is 11.1. The highest BCUT2D eigenvalue weighted by Gasteiger charge is 2.17. The van der Waals surface area contributed by atoms with Crippen molar-refractivity contribution in [2.45, 2.75) is 0 Å². The zero-order valence-corrected chi connectivity index (χ0v) is 19.1. The summed E-state index contributed by atoms with van der Waals surface area (Å²) in [5.74, 6) is -0.643. The molecule has 8 heteroatoms. The summed E-state index contributed by atoms with van der Waals surface area (Å²) in [6, 6.07) is 21.7. The first kappa shape index (κ1) is 21.2. The Morgan fingerprint density at radius 1 is 0.968 bits per heavy atom. The monoisotopic (exact) mass is 511 g/mol. The van der Waals surface area contributed by atoms with E-state index in [2.05, 4.69) is 31.8 Å². The van der Waals surface area contributed by atoms with Crippen molar-refractivity contribution in [2.75, 3.05) is 5.32 Å². The van der Waals surface area contributed by atoms with Gasteiger partial charge in [0.1, 0.15) is 4.88 Å². The van der Waals surface area contributed by atoms with Crippen LogP contribution in [0.15, 0.2) is 82.4 Å². The van der Waals surface area contributed by atoms with Crippen molar-refractivity contribution in [1.29, 1.82) is 0 Å². The van der Waals surface area contributed by atoms with E-state index in [0.29, 0.717) is 21.2 Å². The topological polar surface area (TPSA) is 70.6 Å². The van der Waals surface area contributed by atoms with Crippen molar-refractivity contribution >= 4 is 72.7 Å². The molecule has 3 aromatic carbocycles. The first-order valence-corrected chi connectivity index (χ1v) is 11.2. The minimum atomic E-state index is -0.344. The van der Waals surface area contributed by atoms with E-state index < -0.39 is 0 Å². The SMILES string of the molecule is O=C(N/N=C\c1ccccc1)c1ccc(NC(=O)c2sc3cc(Br)ccc3c2Cl)cc1. The van der Waals surface area contributed by atoms with Gasteiger partial charge in [0.25, 0.3) is 11.8 Å². The molecular weight excluding hydrogens is 498 g/mol. The van der Waals surface area contributed by atoms with Crippen molar-refractivity contribution in [2.24, 2.45) is 5.10 Å². The first-order valence-electron chi connectivity index (χ1n) is 9.19. The number of benzene rings is 3. The molecule has 0 saturated heterocycles. The average molecular weight is 513 g/mol. The van der Waals surface area contributed by atoms with Crippen molar-refractivity contribution in [3.05, 3.63) is 98.3 Å². The Morgan fingerprint density at radius 3 is 2.45 bits per heavy atom. The fourth-order valence-electron chi connectivity index (χ4n) is 2.85. The number of hydrazone groups is 1. The summed E-state index contributed by atoms with van der Waals surface area (Å²) in [6.45, 7) is 0. The summed E-state index contributed by atoms with van der Waals surface area (Å²) in [5.41, 5.74) is 4.35. The molecule has 0 aliphatic heterocycles. The molecule has 0 bridgehead atoms. The summed E-state index contributed by atoms with van der Waals surface area (Å²) in [7, 11) is 0. The van der Waals surface area contributed by atoms with E-state index >= 15 is 0 Å². The van der Waals surface area contributed by atoms with Gasteiger partial charge in [-0.1, -0.05) is 63.9 Å². The minimum Gasteiger partial charge on any atom is -0.321 e. The second-order valence-electron chi connectivity index (χ2n) is 6.53. The van der Waals surface area contributed by atoms with Gasteiger partial charge in [0.2, 0.25) is 0 Å². The summed E-state index contributed by atoms with van der Waals surface area (Å²) in [5, 5.41) is 8.04. The Morgan fingerprint density at radius 2 is 1.71 bits per heavy atom. The van der Waals surface area contributed by atoms with Crippen LogP contribution >= 0.6 is 38.9 Å². The molecule has 0 atom stereocenters. The Balaban J connectivity index is 1.41. The Hall–Kier alpha value is -3.00. The largest absolute Gasteiger partial charge is 0.321 e. The van der Waals surface area contributed by atoms with Gasteiger partial charge in [0.15, 0.2) is 0 Å². The number of carbonyl (C=O) groups excluding carboxylic acids is 2. The Kier molecular flexibility index (Phi) is 6.46. The average Bonchev–Trinajstić information content (AvgIpc) is 3.10. The molecule has 0 spiro atoms. The number of nitrogens with zero attached hydrogens (tertiary/aromatic N) is 1. The van der Waals surface area contributed by atoms with E-state index in [1.807, 2.05) is 48.5 Å². The Bertz CT molecular complexity index is 1290.